The first-order valence-corrected chi connectivity index (χ1v) is 6.89. The van der Waals surface area contributed by atoms with Gasteiger partial charge in [0.05, 0.1) is 19.1 Å². The topological polar surface area (TPSA) is 47.3 Å². The van der Waals surface area contributed by atoms with Crippen molar-refractivity contribution in [1.82, 2.24) is 0 Å². The lowest BCUT2D eigenvalue weighted by Gasteiger charge is -2.28. The molecule has 0 aliphatic carbocycles. The summed E-state index contributed by atoms with van der Waals surface area (Å²) in [5.41, 5.74) is 1.91. The number of nitriles is 1. The lowest BCUT2D eigenvalue weighted by molar-refractivity contribution is 0.282. The van der Waals surface area contributed by atoms with E-state index in [1.807, 2.05) is 18.2 Å². The average Bonchev–Trinajstić information content (AvgIpc) is 2.34. The molecule has 0 saturated carbocycles. The van der Waals surface area contributed by atoms with Gasteiger partial charge in [-0.15, -0.1) is 0 Å². The Morgan fingerprint density at radius 3 is 2.72 bits per heavy atom. The van der Waals surface area contributed by atoms with Crippen molar-refractivity contribution in [1.29, 1.82) is 5.26 Å². The summed E-state index contributed by atoms with van der Waals surface area (Å²) in [6, 6.07) is 8.02. The van der Waals surface area contributed by atoms with E-state index in [0.717, 1.165) is 22.3 Å². The fourth-order valence-corrected chi connectivity index (χ4v) is 2.25. The SMILES string of the molecule is CC(C)CN(CCC#N)c1cc(Br)ccc1CO. The Morgan fingerprint density at radius 1 is 1.44 bits per heavy atom. The average molecular weight is 311 g/mol. The minimum atomic E-state index is 0.0176. The van der Waals surface area contributed by atoms with Gasteiger partial charge in [0.25, 0.3) is 0 Å². The Hall–Kier alpha value is -1.05. The summed E-state index contributed by atoms with van der Waals surface area (Å²) in [5, 5.41) is 18.2. The number of hydrogen-bond acceptors (Lipinski definition) is 3. The summed E-state index contributed by atoms with van der Waals surface area (Å²) in [6.45, 7) is 5.89. The number of rotatable bonds is 6. The van der Waals surface area contributed by atoms with E-state index in [1.54, 1.807) is 0 Å². The molecule has 0 aliphatic rings. The zero-order chi connectivity index (χ0) is 13.5. The van der Waals surface area contributed by atoms with E-state index in [4.69, 9.17) is 5.26 Å². The monoisotopic (exact) mass is 310 g/mol. The second-order valence-corrected chi connectivity index (χ2v) is 5.59. The van der Waals surface area contributed by atoms with Crippen LogP contribution < -0.4 is 4.90 Å². The highest BCUT2D eigenvalue weighted by Crippen LogP contribution is 2.26. The number of benzene rings is 1. The first-order valence-electron chi connectivity index (χ1n) is 6.09. The third-order valence-electron chi connectivity index (χ3n) is 2.64. The van der Waals surface area contributed by atoms with Gasteiger partial charge in [-0.25, -0.2) is 0 Å². The van der Waals surface area contributed by atoms with E-state index in [9.17, 15) is 5.11 Å². The van der Waals surface area contributed by atoms with Crippen LogP contribution in [0.5, 0.6) is 0 Å². The van der Waals surface area contributed by atoms with Crippen LogP contribution in [0.15, 0.2) is 22.7 Å². The molecule has 3 nitrogen and oxygen atoms in total. The number of aliphatic hydroxyl groups excluding tert-OH is 1. The lowest BCUT2D eigenvalue weighted by Crippen LogP contribution is -2.29. The van der Waals surface area contributed by atoms with E-state index in [-0.39, 0.29) is 6.61 Å². The molecule has 1 aromatic rings. The van der Waals surface area contributed by atoms with Crippen LogP contribution in [0.1, 0.15) is 25.8 Å². The van der Waals surface area contributed by atoms with E-state index in [0.29, 0.717) is 18.9 Å². The molecule has 0 saturated heterocycles. The molecule has 98 valence electrons. The molecule has 0 radical (unpaired) electrons. The summed E-state index contributed by atoms with van der Waals surface area (Å²) in [7, 11) is 0. The number of anilines is 1. The standard InChI is InChI=1S/C14H19BrN2O/c1-11(2)9-17(7-3-6-16)14-8-13(15)5-4-12(14)10-18/h4-5,8,11,18H,3,7,9-10H2,1-2H3. The summed E-state index contributed by atoms with van der Waals surface area (Å²) < 4.78 is 0.986. The van der Waals surface area contributed by atoms with Crippen LogP contribution in [-0.2, 0) is 6.61 Å². The van der Waals surface area contributed by atoms with Crippen LogP contribution in [0.4, 0.5) is 5.69 Å². The Kier molecular flexibility index (Phi) is 6.17. The van der Waals surface area contributed by atoms with Crippen LogP contribution in [0.3, 0.4) is 0 Å². The molecule has 0 heterocycles. The second-order valence-electron chi connectivity index (χ2n) is 4.68. The Bertz CT molecular complexity index is 426. The van der Waals surface area contributed by atoms with Gasteiger partial charge < -0.3 is 10.0 Å². The van der Waals surface area contributed by atoms with Crippen molar-refractivity contribution in [3.05, 3.63) is 28.2 Å². The number of aliphatic hydroxyl groups is 1. The van der Waals surface area contributed by atoms with Crippen LogP contribution in [0.25, 0.3) is 0 Å². The third-order valence-corrected chi connectivity index (χ3v) is 3.13. The highest BCUT2D eigenvalue weighted by atomic mass is 79.9. The molecule has 0 spiro atoms. The maximum absolute atomic E-state index is 9.41. The minimum absolute atomic E-state index is 0.0176. The van der Waals surface area contributed by atoms with Crippen molar-refractivity contribution in [3.8, 4) is 6.07 Å². The van der Waals surface area contributed by atoms with Gasteiger partial charge in [0.2, 0.25) is 0 Å². The molecule has 0 unspecified atom stereocenters. The molecule has 0 atom stereocenters. The zero-order valence-corrected chi connectivity index (χ0v) is 12.4. The molecule has 1 aromatic carbocycles. The fourth-order valence-electron chi connectivity index (χ4n) is 1.90. The van der Waals surface area contributed by atoms with E-state index >= 15 is 0 Å². The van der Waals surface area contributed by atoms with Crippen LogP contribution in [-0.4, -0.2) is 18.2 Å². The van der Waals surface area contributed by atoms with Crippen molar-refractivity contribution in [2.75, 3.05) is 18.0 Å². The Balaban J connectivity index is 3.02. The predicted octanol–water partition coefficient (Wildman–Crippen LogP) is 3.32. The van der Waals surface area contributed by atoms with Gasteiger partial charge in [-0.3, -0.25) is 0 Å². The molecular formula is C14H19BrN2O. The van der Waals surface area contributed by atoms with Crippen LogP contribution in [0, 0.1) is 17.2 Å². The Labute approximate surface area is 117 Å². The highest BCUT2D eigenvalue weighted by molar-refractivity contribution is 9.10. The largest absolute Gasteiger partial charge is 0.392 e. The van der Waals surface area contributed by atoms with E-state index in [1.165, 1.54) is 0 Å². The molecular weight excluding hydrogens is 292 g/mol. The van der Waals surface area contributed by atoms with Crippen molar-refractivity contribution in [2.24, 2.45) is 5.92 Å². The normalized spacial score (nSPS) is 10.4. The van der Waals surface area contributed by atoms with Crippen molar-refractivity contribution in [3.63, 3.8) is 0 Å². The van der Waals surface area contributed by atoms with E-state index in [2.05, 4.69) is 40.7 Å². The number of halogens is 1. The van der Waals surface area contributed by atoms with Gasteiger partial charge in [0, 0.05) is 28.8 Å². The molecule has 18 heavy (non-hydrogen) atoms. The smallest absolute Gasteiger partial charge is 0.0702 e. The highest BCUT2D eigenvalue weighted by Gasteiger charge is 2.12. The molecule has 4 heteroatoms. The van der Waals surface area contributed by atoms with Gasteiger partial charge in [-0.2, -0.15) is 5.26 Å². The molecule has 0 bridgehead atoms. The van der Waals surface area contributed by atoms with Crippen molar-refractivity contribution < 1.29 is 5.11 Å². The lowest BCUT2D eigenvalue weighted by atomic mass is 10.1. The van der Waals surface area contributed by atoms with Crippen LogP contribution >= 0.6 is 15.9 Å². The summed E-state index contributed by atoms with van der Waals surface area (Å²) in [4.78, 5) is 2.17. The molecule has 1 rings (SSSR count). The fraction of sp³-hybridized carbons (Fsp3) is 0.500. The molecule has 0 aromatic heterocycles. The maximum atomic E-state index is 9.41. The van der Waals surface area contributed by atoms with Crippen LogP contribution in [0.2, 0.25) is 0 Å². The molecule has 0 fully saturated rings. The van der Waals surface area contributed by atoms with Crippen molar-refractivity contribution in [2.45, 2.75) is 26.9 Å². The summed E-state index contributed by atoms with van der Waals surface area (Å²) in [6.07, 6.45) is 0.490. The van der Waals surface area contributed by atoms with Gasteiger partial charge in [0.1, 0.15) is 0 Å². The van der Waals surface area contributed by atoms with Gasteiger partial charge in [-0.05, 0) is 18.1 Å². The summed E-state index contributed by atoms with van der Waals surface area (Å²) in [5.74, 6) is 0.509. The second kappa shape index (κ2) is 7.40. The molecule has 0 amide bonds. The van der Waals surface area contributed by atoms with E-state index < -0.39 is 0 Å². The number of hydrogen-bond donors (Lipinski definition) is 1. The van der Waals surface area contributed by atoms with Gasteiger partial charge in [-0.1, -0.05) is 35.8 Å². The van der Waals surface area contributed by atoms with Crippen molar-refractivity contribution >= 4 is 21.6 Å². The first-order chi connectivity index (χ1) is 8.58. The van der Waals surface area contributed by atoms with Gasteiger partial charge in [0.15, 0.2) is 0 Å². The Morgan fingerprint density at radius 2 is 2.17 bits per heavy atom. The molecule has 1 N–H and O–H groups in total. The maximum Gasteiger partial charge on any atom is 0.0702 e. The van der Waals surface area contributed by atoms with Gasteiger partial charge >= 0.3 is 0 Å². The predicted molar refractivity (Wildman–Crippen MR) is 77.3 cm³/mol. The quantitative estimate of drug-likeness (QED) is 0.876. The number of nitrogens with zero attached hydrogens (tertiary/aromatic N) is 2. The third kappa shape index (κ3) is 4.32. The zero-order valence-electron chi connectivity index (χ0n) is 10.9. The minimum Gasteiger partial charge on any atom is -0.392 e. The summed E-state index contributed by atoms with van der Waals surface area (Å²) >= 11 is 3.45. The molecule has 0 aliphatic heterocycles. The first kappa shape index (κ1) is 15.0.